The van der Waals surface area contributed by atoms with Crippen LogP contribution in [0, 0.1) is 0 Å². The number of carboxylic acid groups (broad SMARTS) is 3. The first-order valence-corrected chi connectivity index (χ1v) is 8.62. The molecule has 11 N–H and O–H groups in total. The molecule has 0 spiro atoms. The van der Waals surface area contributed by atoms with Crippen molar-refractivity contribution in [3.63, 3.8) is 0 Å². The molecule has 0 aliphatic rings. The molecule has 0 bridgehead atoms. The van der Waals surface area contributed by atoms with Gasteiger partial charge in [0.25, 0.3) is 0 Å². The van der Waals surface area contributed by atoms with Gasteiger partial charge in [-0.25, -0.2) is 0 Å². The van der Waals surface area contributed by atoms with Crippen molar-refractivity contribution in [1.29, 1.82) is 0 Å². The normalized spacial score (nSPS) is 12.2. The Kier molecular flexibility index (Phi) is 22.4. The van der Waals surface area contributed by atoms with E-state index in [4.69, 9.17) is 38.3 Å². The third kappa shape index (κ3) is 28.3. The van der Waals surface area contributed by atoms with Gasteiger partial charge >= 0.3 is 17.9 Å². The van der Waals surface area contributed by atoms with Gasteiger partial charge in [-0.15, -0.1) is 0 Å². The van der Waals surface area contributed by atoms with Crippen molar-refractivity contribution in [1.82, 2.24) is 0 Å². The molecular weight excluding hydrogens is 368 g/mol. The lowest BCUT2D eigenvalue weighted by Crippen LogP contribution is -2.29. The number of benzene rings is 1. The molecule has 0 fully saturated rings. The molecule has 10 heteroatoms. The molecule has 1 rings (SSSR count). The molecule has 0 heterocycles. The van der Waals surface area contributed by atoms with Crippen LogP contribution in [0.25, 0.3) is 0 Å². The standard InChI is InChI=1S/C6H14N2O2.C6H6.2C3H7NO2/c7-4-2-1-3-5(8)6(9)10;1-2-4-6-5-3-1;2*1-2(4)3(5)6/h5H,1-4,7-8H2,(H,9,10);1-6H;2*2H,4H2,1H3,(H,5,6). The summed E-state index contributed by atoms with van der Waals surface area (Å²) in [5.74, 6) is -2.86. The summed E-state index contributed by atoms with van der Waals surface area (Å²) in [6.07, 6.45) is 2.16. The zero-order valence-electron chi connectivity index (χ0n) is 16.4. The van der Waals surface area contributed by atoms with Crippen molar-refractivity contribution in [2.24, 2.45) is 22.9 Å². The highest BCUT2D eigenvalue weighted by molar-refractivity contribution is 5.73. The zero-order chi connectivity index (χ0) is 22.5. The van der Waals surface area contributed by atoms with E-state index in [-0.39, 0.29) is 0 Å². The summed E-state index contributed by atoms with van der Waals surface area (Å²) in [6.45, 7) is 3.44. The first kappa shape index (κ1) is 30.2. The number of hydrogen-bond donors (Lipinski definition) is 7. The number of rotatable bonds is 7. The topological polar surface area (TPSA) is 216 Å². The minimum Gasteiger partial charge on any atom is -0.480 e. The molecule has 0 saturated carbocycles. The highest BCUT2D eigenvalue weighted by atomic mass is 16.4. The molecule has 0 radical (unpaired) electrons. The smallest absolute Gasteiger partial charge is 0.320 e. The maximum atomic E-state index is 10.1. The third-order valence-corrected chi connectivity index (χ3v) is 2.73. The van der Waals surface area contributed by atoms with Crippen molar-refractivity contribution in [3.8, 4) is 0 Å². The fraction of sp³-hybridized carbons (Fsp3) is 0.500. The van der Waals surface area contributed by atoms with Crippen molar-refractivity contribution in [2.45, 2.75) is 51.2 Å². The molecule has 3 unspecified atom stereocenters. The molecule has 0 aliphatic heterocycles. The van der Waals surface area contributed by atoms with E-state index >= 15 is 0 Å². The van der Waals surface area contributed by atoms with Crippen LogP contribution in [0.4, 0.5) is 0 Å². The summed E-state index contributed by atoms with van der Waals surface area (Å²) in [4.78, 5) is 29.3. The summed E-state index contributed by atoms with van der Waals surface area (Å²) in [6, 6.07) is 9.82. The Morgan fingerprint density at radius 2 is 1.00 bits per heavy atom. The average Bonchev–Trinajstić information content (AvgIpc) is 2.64. The maximum absolute atomic E-state index is 10.1. The highest BCUT2D eigenvalue weighted by Gasteiger charge is 2.09. The molecular formula is C18H34N4O6. The number of carboxylic acids is 3. The van der Waals surface area contributed by atoms with Crippen LogP contribution in [-0.2, 0) is 14.4 Å². The predicted octanol–water partition coefficient (Wildman–Crippen LogP) is 0.0503. The van der Waals surface area contributed by atoms with E-state index in [9.17, 15) is 14.4 Å². The molecule has 0 saturated heterocycles. The van der Waals surface area contributed by atoms with Crippen LogP contribution in [0.5, 0.6) is 0 Å². The summed E-state index contributed by atoms with van der Waals surface area (Å²) < 4.78 is 0. The van der Waals surface area contributed by atoms with Gasteiger partial charge in [-0.1, -0.05) is 42.8 Å². The highest BCUT2D eigenvalue weighted by Crippen LogP contribution is 1.96. The number of aliphatic carboxylic acids is 3. The van der Waals surface area contributed by atoms with Gasteiger partial charge in [0.2, 0.25) is 0 Å². The molecule has 3 atom stereocenters. The molecule has 10 nitrogen and oxygen atoms in total. The molecule has 162 valence electrons. The fourth-order valence-electron chi connectivity index (χ4n) is 1.02. The van der Waals surface area contributed by atoms with Gasteiger partial charge < -0.3 is 38.3 Å². The van der Waals surface area contributed by atoms with Crippen LogP contribution in [0.3, 0.4) is 0 Å². The molecule has 1 aromatic rings. The quantitative estimate of drug-likeness (QED) is 0.304. The van der Waals surface area contributed by atoms with E-state index in [1.54, 1.807) is 0 Å². The third-order valence-electron chi connectivity index (χ3n) is 2.73. The van der Waals surface area contributed by atoms with Crippen LogP contribution in [0.1, 0.15) is 33.1 Å². The Bertz CT molecular complexity index is 467. The molecule has 1 aromatic carbocycles. The van der Waals surface area contributed by atoms with E-state index in [0.717, 1.165) is 12.8 Å². The first-order valence-electron chi connectivity index (χ1n) is 8.62. The monoisotopic (exact) mass is 402 g/mol. The average molecular weight is 402 g/mol. The minimum absolute atomic E-state index is 0.520. The lowest BCUT2D eigenvalue weighted by Gasteiger charge is -2.03. The lowest BCUT2D eigenvalue weighted by atomic mass is 10.1. The van der Waals surface area contributed by atoms with Crippen LogP contribution in [-0.4, -0.2) is 57.9 Å². The largest absolute Gasteiger partial charge is 0.480 e. The second-order valence-corrected chi connectivity index (χ2v) is 5.64. The molecule has 28 heavy (non-hydrogen) atoms. The predicted molar refractivity (Wildman–Crippen MR) is 108 cm³/mol. The SMILES string of the molecule is CC(N)C(=O)O.CC(N)C(=O)O.NCCCCC(N)C(=O)O.c1ccccc1. The molecule has 0 aromatic heterocycles. The second-order valence-electron chi connectivity index (χ2n) is 5.64. The maximum Gasteiger partial charge on any atom is 0.320 e. The van der Waals surface area contributed by atoms with Crippen LogP contribution >= 0.6 is 0 Å². The van der Waals surface area contributed by atoms with Gasteiger partial charge in [0.05, 0.1) is 0 Å². The fourth-order valence-corrected chi connectivity index (χ4v) is 1.02. The Morgan fingerprint density at radius 1 is 0.714 bits per heavy atom. The zero-order valence-corrected chi connectivity index (χ0v) is 16.4. The summed E-state index contributed by atoms with van der Waals surface area (Å²) >= 11 is 0. The van der Waals surface area contributed by atoms with E-state index < -0.39 is 36.0 Å². The van der Waals surface area contributed by atoms with E-state index in [2.05, 4.69) is 0 Å². The Labute approximate surface area is 165 Å². The molecule has 0 amide bonds. The Morgan fingerprint density at radius 3 is 1.18 bits per heavy atom. The van der Waals surface area contributed by atoms with Gasteiger partial charge in [-0.05, 0) is 33.2 Å². The van der Waals surface area contributed by atoms with Gasteiger partial charge in [0.1, 0.15) is 18.1 Å². The first-order chi connectivity index (χ1) is 13.0. The van der Waals surface area contributed by atoms with Crippen LogP contribution in [0.2, 0.25) is 0 Å². The van der Waals surface area contributed by atoms with E-state index in [1.807, 2.05) is 36.4 Å². The number of carbonyl (C=O) groups is 3. The van der Waals surface area contributed by atoms with Gasteiger partial charge in [0.15, 0.2) is 0 Å². The number of nitrogens with two attached hydrogens (primary N) is 4. The van der Waals surface area contributed by atoms with Crippen molar-refractivity contribution < 1.29 is 29.7 Å². The summed E-state index contributed by atoms with van der Waals surface area (Å²) in [7, 11) is 0. The van der Waals surface area contributed by atoms with Gasteiger partial charge in [-0.3, -0.25) is 14.4 Å². The van der Waals surface area contributed by atoms with Crippen LogP contribution in [0.15, 0.2) is 36.4 Å². The summed E-state index contributed by atoms with van der Waals surface area (Å²) in [5.41, 5.74) is 20.1. The summed E-state index contributed by atoms with van der Waals surface area (Å²) in [5, 5.41) is 24.1. The van der Waals surface area contributed by atoms with Crippen molar-refractivity contribution in [3.05, 3.63) is 36.4 Å². The lowest BCUT2D eigenvalue weighted by molar-refractivity contribution is -0.139. The van der Waals surface area contributed by atoms with Crippen molar-refractivity contribution in [2.75, 3.05) is 6.54 Å². The second kappa shape index (κ2) is 20.8. The minimum atomic E-state index is -0.963. The Balaban J connectivity index is -0.000000307. The van der Waals surface area contributed by atoms with Crippen molar-refractivity contribution >= 4 is 17.9 Å². The van der Waals surface area contributed by atoms with E-state index in [1.165, 1.54) is 13.8 Å². The number of unbranched alkanes of at least 4 members (excludes halogenated alkanes) is 1. The number of hydrogen-bond acceptors (Lipinski definition) is 7. The molecule has 0 aliphatic carbocycles. The van der Waals surface area contributed by atoms with E-state index in [0.29, 0.717) is 13.0 Å². The van der Waals surface area contributed by atoms with Crippen LogP contribution < -0.4 is 22.9 Å². The van der Waals surface area contributed by atoms with Gasteiger partial charge in [0, 0.05) is 0 Å². The van der Waals surface area contributed by atoms with Gasteiger partial charge in [-0.2, -0.15) is 0 Å². The Hall–Kier alpha value is -2.53.